The highest BCUT2D eigenvalue weighted by atomic mass is 19.2. The number of hydrogen-bond acceptors (Lipinski definition) is 1. The van der Waals surface area contributed by atoms with Gasteiger partial charge < -0.3 is 0 Å². The molecule has 1 nitrogen and oxygen atoms in total. The lowest BCUT2D eigenvalue weighted by Gasteiger charge is -2.02. The molecule has 0 aliphatic heterocycles. The molecule has 0 saturated heterocycles. The van der Waals surface area contributed by atoms with Gasteiger partial charge in [-0.15, -0.1) is 0 Å². The molecule has 96 valence electrons. The molecule has 0 aliphatic carbocycles. The average molecular weight is 258 g/mol. The zero-order valence-corrected chi connectivity index (χ0v) is 10.4. The number of benzene rings is 2. The number of hydrogen-bond donors (Lipinski definition) is 0. The van der Waals surface area contributed by atoms with Crippen molar-refractivity contribution in [2.75, 3.05) is 0 Å². The highest BCUT2D eigenvalue weighted by molar-refractivity contribution is 6.10. The first-order chi connectivity index (χ1) is 9.09. The van der Waals surface area contributed by atoms with Crippen molar-refractivity contribution in [1.29, 1.82) is 0 Å². The standard InChI is InChI=1S/C16H12F2O/c1-11-7-9-12(10-8-11)14(17)15(18)16(19)13-5-3-2-4-6-13/h2-10H,1H3. The third kappa shape index (κ3) is 2.94. The largest absolute Gasteiger partial charge is 0.286 e. The van der Waals surface area contributed by atoms with Gasteiger partial charge in [-0.25, -0.2) is 4.39 Å². The van der Waals surface area contributed by atoms with Crippen molar-refractivity contribution in [3.8, 4) is 0 Å². The average Bonchev–Trinajstić information content (AvgIpc) is 2.46. The van der Waals surface area contributed by atoms with Crippen LogP contribution in [0.2, 0.25) is 0 Å². The molecule has 0 N–H and O–H groups in total. The van der Waals surface area contributed by atoms with Crippen LogP contribution in [0.4, 0.5) is 8.78 Å². The Balaban J connectivity index is 2.36. The molecule has 0 fully saturated rings. The van der Waals surface area contributed by atoms with E-state index in [1.807, 2.05) is 6.92 Å². The second-order valence-electron chi connectivity index (χ2n) is 4.19. The van der Waals surface area contributed by atoms with Crippen LogP contribution in [0, 0.1) is 6.92 Å². The Kier molecular flexibility index (Phi) is 3.85. The van der Waals surface area contributed by atoms with E-state index >= 15 is 0 Å². The fourth-order valence-corrected chi connectivity index (χ4v) is 1.64. The summed E-state index contributed by atoms with van der Waals surface area (Å²) in [4.78, 5) is 11.8. The summed E-state index contributed by atoms with van der Waals surface area (Å²) in [7, 11) is 0. The predicted molar refractivity (Wildman–Crippen MR) is 71.1 cm³/mol. The molecule has 0 bridgehead atoms. The summed E-state index contributed by atoms with van der Waals surface area (Å²) in [6.07, 6.45) is 0. The summed E-state index contributed by atoms with van der Waals surface area (Å²) >= 11 is 0. The van der Waals surface area contributed by atoms with Gasteiger partial charge in [0.2, 0.25) is 11.6 Å². The van der Waals surface area contributed by atoms with Crippen LogP contribution >= 0.6 is 0 Å². The Morgan fingerprint density at radius 3 is 2.00 bits per heavy atom. The number of halogens is 2. The molecular weight excluding hydrogens is 246 g/mol. The fraction of sp³-hybridized carbons (Fsp3) is 0.0625. The molecule has 0 unspecified atom stereocenters. The minimum atomic E-state index is -1.37. The molecule has 0 aromatic heterocycles. The maximum Gasteiger partial charge on any atom is 0.224 e. The number of rotatable bonds is 3. The van der Waals surface area contributed by atoms with Crippen LogP contribution in [0.15, 0.2) is 60.4 Å². The quantitative estimate of drug-likeness (QED) is 0.585. The summed E-state index contributed by atoms with van der Waals surface area (Å²) in [5, 5.41) is 0. The monoisotopic (exact) mass is 258 g/mol. The van der Waals surface area contributed by atoms with Crippen LogP contribution in [0.3, 0.4) is 0 Å². The second-order valence-corrected chi connectivity index (χ2v) is 4.19. The van der Waals surface area contributed by atoms with Crippen molar-refractivity contribution < 1.29 is 13.6 Å². The molecule has 19 heavy (non-hydrogen) atoms. The number of aryl methyl sites for hydroxylation is 1. The Morgan fingerprint density at radius 1 is 0.842 bits per heavy atom. The van der Waals surface area contributed by atoms with Gasteiger partial charge in [-0.1, -0.05) is 60.2 Å². The Bertz CT molecular complexity index is 613. The normalized spacial score (nSPS) is 11.9. The highest BCUT2D eigenvalue weighted by Gasteiger charge is 2.18. The molecule has 2 aromatic carbocycles. The first kappa shape index (κ1) is 13.1. The summed E-state index contributed by atoms with van der Waals surface area (Å²) < 4.78 is 27.7. The van der Waals surface area contributed by atoms with Gasteiger partial charge in [0.15, 0.2) is 5.83 Å². The number of carbonyl (C=O) groups excluding carboxylic acids is 1. The molecule has 0 aliphatic rings. The van der Waals surface area contributed by atoms with Crippen LogP contribution in [0.25, 0.3) is 5.83 Å². The van der Waals surface area contributed by atoms with Gasteiger partial charge in [0.1, 0.15) is 0 Å². The maximum atomic E-state index is 13.9. The Hall–Kier alpha value is -2.29. The van der Waals surface area contributed by atoms with E-state index < -0.39 is 17.4 Å². The van der Waals surface area contributed by atoms with Crippen molar-refractivity contribution in [1.82, 2.24) is 0 Å². The molecular formula is C16H12F2O. The van der Waals surface area contributed by atoms with E-state index in [0.29, 0.717) is 0 Å². The molecule has 0 saturated carbocycles. The third-order valence-electron chi connectivity index (χ3n) is 2.73. The first-order valence-electron chi connectivity index (χ1n) is 5.81. The summed E-state index contributed by atoms with van der Waals surface area (Å²) in [6, 6.07) is 14.0. The fourth-order valence-electron chi connectivity index (χ4n) is 1.64. The minimum Gasteiger partial charge on any atom is -0.286 e. The van der Waals surface area contributed by atoms with E-state index in [4.69, 9.17) is 0 Å². The van der Waals surface area contributed by atoms with Crippen molar-refractivity contribution >= 4 is 11.6 Å². The lowest BCUT2D eigenvalue weighted by Crippen LogP contribution is -2.01. The molecule has 2 rings (SSSR count). The van der Waals surface area contributed by atoms with E-state index in [1.165, 1.54) is 24.3 Å². The molecule has 0 atom stereocenters. The van der Waals surface area contributed by atoms with Gasteiger partial charge in [0, 0.05) is 11.1 Å². The number of carbonyl (C=O) groups is 1. The van der Waals surface area contributed by atoms with E-state index in [1.54, 1.807) is 30.3 Å². The lowest BCUT2D eigenvalue weighted by atomic mass is 10.1. The van der Waals surface area contributed by atoms with Crippen molar-refractivity contribution in [2.24, 2.45) is 0 Å². The molecule has 2 aromatic rings. The Morgan fingerprint density at radius 2 is 1.42 bits per heavy atom. The summed E-state index contributed by atoms with van der Waals surface area (Å²) in [6.45, 7) is 1.84. The van der Waals surface area contributed by atoms with Crippen LogP contribution in [0.1, 0.15) is 21.5 Å². The smallest absolute Gasteiger partial charge is 0.224 e. The molecule has 0 radical (unpaired) electrons. The van der Waals surface area contributed by atoms with Crippen LogP contribution in [0.5, 0.6) is 0 Å². The number of allylic oxidation sites excluding steroid dienone is 1. The second kappa shape index (κ2) is 5.57. The summed E-state index contributed by atoms with van der Waals surface area (Å²) in [5.41, 5.74) is 1.13. The zero-order valence-electron chi connectivity index (χ0n) is 10.4. The highest BCUT2D eigenvalue weighted by Crippen LogP contribution is 2.24. The van der Waals surface area contributed by atoms with E-state index in [-0.39, 0.29) is 11.1 Å². The van der Waals surface area contributed by atoms with Crippen molar-refractivity contribution in [3.63, 3.8) is 0 Å². The first-order valence-corrected chi connectivity index (χ1v) is 5.81. The van der Waals surface area contributed by atoms with Gasteiger partial charge in [0.25, 0.3) is 0 Å². The van der Waals surface area contributed by atoms with Gasteiger partial charge in [0.05, 0.1) is 0 Å². The SMILES string of the molecule is Cc1ccc(C(F)=C(F)C(=O)c2ccccc2)cc1. The van der Waals surface area contributed by atoms with Crippen molar-refractivity contribution in [3.05, 3.63) is 77.1 Å². The van der Waals surface area contributed by atoms with Gasteiger partial charge >= 0.3 is 0 Å². The molecule has 0 amide bonds. The molecule has 0 heterocycles. The van der Waals surface area contributed by atoms with E-state index in [0.717, 1.165) is 5.56 Å². The topological polar surface area (TPSA) is 17.1 Å². The van der Waals surface area contributed by atoms with Gasteiger partial charge in [-0.05, 0) is 6.92 Å². The van der Waals surface area contributed by atoms with Crippen LogP contribution < -0.4 is 0 Å². The molecule has 3 heteroatoms. The third-order valence-corrected chi connectivity index (χ3v) is 2.73. The minimum absolute atomic E-state index is 0.0624. The zero-order chi connectivity index (χ0) is 13.8. The molecule has 0 spiro atoms. The van der Waals surface area contributed by atoms with Crippen LogP contribution in [-0.4, -0.2) is 5.78 Å². The van der Waals surface area contributed by atoms with Crippen LogP contribution in [-0.2, 0) is 0 Å². The van der Waals surface area contributed by atoms with Gasteiger partial charge in [-0.3, -0.25) is 4.79 Å². The van der Waals surface area contributed by atoms with E-state index in [2.05, 4.69) is 0 Å². The maximum absolute atomic E-state index is 13.9. The lowest BCUT2D eigenvalue weighted by molar-refractivity contribution is 0.100. The number of Topliss-reactive ketones (excluding diaryl/α,β-unsaturated/α-hetero) is 1. The summed E-state index contributed by atoms with van der Waals surface area (Å²) in [5.74, 6) is -3.44. The van der Waals surface area contributed by atoms with Gasteiger partial charge in [-0.2, -0.15) is 4.39 Å². The predicted octanol–water partition coefficient (Wildman–Crippen LogP) is 4.49. The Labute approximate surface area is 110 Å². The van der Waals surface area contributed by atoms with E-state index in [9.17, 15) is 13.6 Å². The van der Waals surface area contributed by atoms with Crippen molar-refractivity contribution in [2.45, 2.75) is 6.92 Å². The number of ketones is 1.